The molecule has 1 rings (SSSR count). The molecule has 0 heterocycles. The van der Waals surface area contributed by atoms with Gasteiger partial charge in [0.1, 0.15) is 5.82 Å². The lowest BCUT2D eigenvalue weighted by molar-refractivity contribution is 0.531. The fourth-order valence-electron chi connectivity index (χ4n) is 1.22. The average molecular weight is 217 g/mol. The van der Waals surface area contributed by atoms with E-state index in [9.17, 15) is 4.39 Å². The van der Waals surface area contributed by atoms with Crippen molar-refractivity contribution in [1.82, 2.24) is 0 Å². The lowest BCUT2D eigenvalue weighted by Crippen LogP contribution is -2.33. The van der Waals surface area contributed by atoms with Crippen molar-refractivity contribution in [2.24, 2.45) is 11.5 Å². The molecule has 2 nitrogen and oxygen atoms in total. The van der Waals surface area contributed by atoms with E-state index in [0.717, 1.165) is 12.0 Å². The zero-order valence-electron chi connectivity index (χ0n) is 8.00. The third-order valence-electron chi connectivity index (χ3n) is 2.26. The highest BCUT2D eigenvalue weighted by Gasteiger charge is 2.14. The van der Waals surface area contributed by atoms with Gasteiger partial charge in [-0.05, 0) is 24.1 Å². The molecule has 78 valence electrons. The maximum atomic E-state index is 12.8. The molecule has 4 N–H and O–H groups in total. The molecule has 0 aliphatic rings. The van der Waals surface area contributed by atoms with Crippen molar-refractivity contribution in [3.8, 4) is 0 Å². The Labute approximate surface area is 88.0 Å². The third kappa shape index (κ3) is 2.44. The van der Waals surface area contributed by atoms with Gasteiger partial charge in [-0.25, -0.2) is 4.39 Å². The van der Waals surface area contributed by atoms with Gasteiger partial charge in [0.25, 0.3) is 0 Å². The standard InChI is InChI=1S/C10H14ClFN2/c1-2-9(13)10(14)6-3-4-8(12)7(11)5-6/h3-5,9-10H,2,13-14H2,1H3/t9-,10-/m0/s1. The van der Waals surface area contributed by atoms with E-state index in [1.54, 1.807) is 6.07 Å². The Balaban J connectivity index is 2.91. The Morgan fingerprint density at radius 3 is 2.57 bits per heavy atom. The van der Waals surface area contributed by atoms with Crippen LogP contribution in [0.15, 0.2) is 18.2 Å². The van der Waals surface area contributed by atoms with Crippen molar-refractivity contribution in [2.75, 3.05) is 0 Å². The minimum atomic E-state index is -0.437. The van der Waals surface area contributed by atoms with Gasteiger partial charge in [-0.3, -0.25) is 0 Å². The summed E-state index contributed by atoms with van der Waals surface area (Å²) in [6.45, 7) is 1.95. The molecule has 0 saturated carbocycles. The second-order valence-corrected chi connectivity index (χ2v) is 3.68. The SMILES string of the molecule is CC[C@H](N)[C@@H](N)c1ccc(F)c(Cl)c1. The smallest absolute Gasteiger partial charge is 0.141 e. The number of halogens is 2. The zero-order valence-corrected chi connectivity index (χ0v) is 8.76. The van der Waals surface area contributed by atoms with Crippen LogP contribution in [0.25, 0.3) is 0 Å². The first-order valence-electron chi connectivity index (χ1n) is 4.52. The molecule has 0 fully saturated rings. The van der Waals surface area contributed by atoms with Crippen LogP contribution >= 0.6 is 11.6 Å². The molecule has 0 amide bonds. The lowest BCUT2D eigenvalue weighted by Gasteiger charge is -2.18. The fraction of sp³-hybridized carbons (Fsp3) is 0.400. The van der Waals surface area contributed by atoms with Gasteiger partial charge < -0.3 is 11.5 Å². The summed E-state index contributed by atoms with van der Waals surface area (Å²) in [5, 5.41) is 0.0845. The van der Waals surface area contributed by atoms with Crippen molar-refractivity contribution < 1.29 is 4.39 Å². The summed E-state index contributed by atoms with van der Waals surface area (Å²) >= 11 is 5.63. The molecule has 2 atom stereocenters. The van der Waals surface area contributed by atoms with Gasteiger partial charge >= 0.3 is 0 Å². The minimum Gasteiger partial charge on any atom is -0.326 e. The minimum absolute atomic E-state index is 0.0845. The first-order chi connectivity index (χ1) is 6.56. The predicted octanol–water partition coefficient (Wildman–Crippen LogP) is 2.22. The van der Waals surface area contributed by atoms with E-state index >= 15 is 0 Å². The highest BCUT2D eigenvalue weighted by atomic mass is 35.5. The number of benzene rings is 1. The number of rotatable bonds is 3. The van der Waals surface area contributed by atoms with Gasteiger partial charge in [0.15, 0.2) is 0 Å². The van der Waals surface area contributed by atoms with Gasteiger partial charge in [0.05, 0.1) is 5.02 Å². The molecule has 0 aromatic heterocycles. The molecule has 0 aliphatic carbocycles. The summed E-state index contributed by atoms with van der Waals surface area (Å²) in [4.78, 5) is 0. The number of nitrogens with two attached hydrogens (primary N) is 2. The second kappa shape index (κ2) is 4.73. The van der Waals surface area contributed by atoms with Crippen molar-refractivity contribution in [3.05, 3.63) is 34.6 Å². The highest BCUT2D eigenvalue weighted by molar-refractivity contribution is 6.30. The monoisotopic (exact) mass is 216 g/mol. The highest BCUT2D eigenvalue weighted by Crippen LogP contribution is 2.21. The third-order valence-corrected chi connectivity index (χ3v) is 2.55. The van der Waals surface area contributed by atoms with Crippen LogP contribution < -0.4 is 11.5 Å². The molecule has 0 saturated heterocycles. The molecule has 4 heteroatoms. The normalized spacial score (nSPS) is 15.2. The van der Waals surface area contributed by atoms with Crippen molar-refractivity contribution in [3.63, 3.8) is 0 Å². The Kier molecular flexibility index (Phi) is 3.86. The van der Waals surface area contributed by atoms with Crippen LogP contribution in [0.3, 0.4) is 0 Å². The van der Waals surface area contributed by atoms with Crippen LogP contribution in [0.1, 0.15) is 24.9 Å². The van der Waals surface area contributed by atoms with Crippen molar-refractivity contribution in [2.45, 2.75) is 25.4 Å². The molecule has 0 aliphatic heterocycles. The molecular formula is C10H14ClFN2. The fourth-order valence-corrected chi connectivity index (χ4v) is 1.41. The summed E-state index contributed by atoms with van der Waals surface area (Å²) in [6.07, 6.45) is 0.774. The quantitative estimate of drug-likeness (QED) is 0.814. The van der Waals surface area contributed by atoms with Crippen LogP contribution in [0.4, 0.5) is 4.39 Å². The lowest BCUT2D eigenvalue weighted by atomic mass is 9.99. The van der Waals surface area contributed by atoms with E-state index in [0.29, 0.717) is 0 Å². The van der Waals surface area contributed by atoms with E-state index < -0.39 is 5.82 Å². The van der Waals surface area contributed by atoms with E-state index in [2.05, 4.69) is 0 Å². The Hall–Kier alpha value is -0.640. The van der Waals surface area contributed by atoms with Crippen LogP contribution in [0.5, 0.6) is 0 Å². The molecule has 1 aromatic carbocycles. The maximum Gasteiger partial charge on any atom is 0.141 e. The largest absolute Gasteiger partial charge is 0.326 e. The summed E-state index contributed by atoms with van der Waals surface area (Å²) in [5.41, 5.74) is 12.4. The number of hydrogen-bond donors (Lipinski definition) is 2. The van der Waals surface area contributed by atoms with Crippen LogP contribution in [-0.2, 0) is 0 Å². The summed E-state index contributed by atoms with van der Waals surface area (Å²) in [6, 6.07) is 4.02. The molecule has 0 bridgehead atoms. The molecular weight excluding hydrogens is 203 g/mol. The Bertz CT molecular complexity index is 317. The topological polar surface area (TPSA) is 52.0 Å². The molecule has 0 spiro atoms. The van der Waals surface area contributed by atoms with E-state index in [1.165, 1.54) is 12.1 Å². The van der Waals surface area contributed by atoms with Crippen LogP contribution in [0, 0.1) is 5.82 Å². The van der Waals surface area contributed by atoms with Gasteiger partial charge in [-0.1, -0.05) is 24.6 Å². The van der Waals surface area contributed by atoms with Gasteiger partial charge in [0.2, 0.25) is 0 Å². The first-order valence-corrected chi connectivity index (χ1v) is 4.90. The summed E-state index contributed by atoms with van der Waals surface area (Å²) in [5.74, 6) is -0.437. The average Bonchev–Trinajstić information content (AvgIpc) is 2.20. The van der Waals surface area contributed by atoms with E-state index in [4.69, 9.17) is 23.1 Å². The van der Waals surface area contributed by atoms with Gasteiger partial charge in [-0.2, -0.15) is 0 Å². The van der Waals surface area contributed by atoms with Crippen molar-refractivity contribution in [1.29, 1.82) is 0 Å². The van der Waals surface area contributed by atoms with Crippen LogP contribution in [-0.4, -0.2) is 6.04 Å². The maximum absolute atomic E-state index is 12.8. The number of hydrogen-bond acceptors (Lipinski definition) is 2. The summed E-state index contributed by atoms with van der Waals surface area (Å²) < 4.78 is 12.8. The van der Waals surface area contributed by atoms with Crippen molar-refractivity contribution >= 4 is 11.6 Å². The summed E-state index contributed by atoms with van der Waals surface area (Å²) in [7, 11) is 0. The molecule has 1 aromatic rings. The van der Waals surface area contributed by atoms with E-state index in [1.807, 2.05) is 6.92 Å². The van der Waals surface area contributed by atoms with Crippen LogP contribution in [0.2, 0.25) is 5.02 Å². The predicted molar refractivity (Wildman–Crippen MR) is 56.6 cm³/mol. The van der Waals surface area contributed by atoms with E-state index in [-0.39, 0.29) is 17.1 Å². The molecule has 0 unspecified atom stereocenters. The molecule has 14 heavy (non-hydrogen) atoms. The van der Waals surface area contributed by atoms with Gasteiger partial charge in [0, 0.05) is 12.1 Å². The van der Waals surface area contributed by atoms with Gasteiger partial charge in [-0.15, -0.1) is 0 Å². The zero-order chi connectivity index (χ0) is 10.7. The Morgan fingerprint density at radius 2 is 2.07 bits per heavy atom. The second-order valence-electron chi connectivity index (χ2n) is 3.27. The first kappa shape index (κ1) is 11.4. The molecule has 0 radical (unpaired) electrons. The Morgan fingerprint density at radius 1 is 1.43 bits per heavy atom.